The van der Waals surface area contributed by atoms with Crippen LogP contribution in [-0.2, 0) is 6.54 Å². The summed E-state index contributed by atoms with van der Waals surface area (Å²) in [5.41, 5.74) is 2.18. The number of halogens is 1. The highest BCUT2D eigenvalue weighted by atomic mass is 32.2. The Morgan fingerprint density at radius 3 is 2.53 bits per heavy atom. The smallest absolute Gasteiger partial charge is 0.183 e. The third-order valence-electron chi connectivity index (χ3n) is 2.26. The number of hydrogen-bond acceptors (Lipinski definition) is 3. The monoisotopic (exact) mass is 251 g/mol. The normalized spacial score (nSPS) is 11.1. The predicted molar refractivity (Wildman–Crippen MR) is 69.3 cm³/mol. The van der Waals surface area contributed by atoms with E-state index in [1.165, 1.54) is 11.8 Å². The molecule has 1 aromatic carbocycles. The molecule has 3 nitrogen and oxygen atoms in total. The summed E-state index contributed by atoms with van der Waals surface area (Å²) < 4.78 is 13.4. The molecule has 0 saturated heterocycles. The van der Waals surface area contributed by atoms with Crippen molar-refractivity contribution < 1.29 is 4.39 Å². The number of nitrogens with one attached hydrogen (secondary N) is 1. The lowest BCUT2D eigenvalue weighted by molar-refractivity contribution is 0.608. The summed E-state index contributed by atoms with van der Waals surface area (Å²) in [6.45, 7) is 3.91. The Balaban J connectivity index is 2.86. The van der Waals surface area contributed by atoms with E-state index in [2.05, 4.69) is 10.3 Å². The molecule has 0 fully saturated rings. The lowest BCUT2D eigenvalue weighted by Crippen LogP contribution is -2.13. The van der Waals surface area contributed by atoms with Crippen molar-refractivity contribution in [2.75, 3.05) is 6.26 Å². The molecule has 5 heteroatoms. The Morgan fingerprint density at radius 1 is 1.47 bits per heavy atom. The summed E-state index contributed by atoms with van der Waals surface area (Å²) in [6, 6.07) is 3.55. The van der Waals surface area contributed by atoms with Crippen LogP contribution in [0.3, 0.4) is 0 Å². The van der Waals surface area contributed by atoms with E-state index in [0.717, 1.165) is 5.56 Å². The molecule has 0 aliphatic carbocycles. The maximum Gasteiger partial charge on any atom is 0.183 e. The maximum absolute atomic E-state index is 13.4. The Labute approximate surface area is 105 Å². The van der Waals surface area contributed by atoms with Gasteiger partial charge in [0.05, 0.1) is 6.54 Å². The summed E-state index contributed by atoms with van der Waals surface area (Å²) in [5.74, 6) is -0.169. The molecule has 17 heavy (non-hydrogen) atoms. The molecule has 0 atom stereocenters. The molecule has 1 aromatic rings. The summed E-state index contributed by atoms with van der Waals surface area (Å²) >= 11 is 1.37. The van der Waals surface area contributed by atoms with Crippen molar-refractivity contribution >= 4 is 16.9 Å². The topological polar surface area (TPSA) is 48.2 Å². The fourth-order valence-electron chi connectivity index (χ4n) is 1.49. The second kappa shape index (κ2) is 6.26. The standard InChI is InChI=1S/C12H14FN3S/c1-8-4-10(5-9(2)11(8)13)6-15-12(17-3)16-7-14/h4-5H,6H2,1-3H3,(H,15,16). The SMILES string of the molecule is CSC(=NCc1cc(C)c(F)c(C)c1)NC#N. The van der Waals surface area contributed by atoms with Gasteiger partial charge in [-0.1, -0.05) is 23.9 Å². The summed E-state index contributed by atoms with van der Waals surface area (Å²) in [4.78, 5) is 4.24. The summed E-state index contributed by atoms with van der Waals surface area (Å²) in [7, 11) is 0. The van der Waals surface area contributed by atoms with Crippen molar-refractivity contribution in [1.29, 1.82) is 5.26 Å². The average molecular weight is 251 g/mol. The van der Waals surface area contributed by atoms with E-state index in [1.807, 2.05) is 12.4 Å². The van der Waals surface area contributed by atoms with Gasteiger partial charge in [-0.15, -0.1) is 0 Å². The largest absolute Gasteiger partial charge is 0.272 e. The van der Waals surface area contributed by atoms with Crippen molar-refractivity contribution in [3.05, 3.63) is 34.6 Å². The summed E-state index contributed by atoms with van der Waals surface area (Å²) in [5, 5.41) is 11.5. The molecule has 0 aliphatic heterocycles. The van der Waals surface area contributed by atoms with E-state index >= 15 is 0 Å². The Kier molecular flexibility index (Phi) is 4.98. The molecular weight excluding hydrogens is 237 g/mol. The fourth-order valence-corrected chi connectivity index (χ4v) is 1.83. The lowest BCUT2D eigenvalue weighted by Gasteiger charge is -2.05. The zero-order chi connectivity index (χ0) is 12.8. The highest BCUT2D eigenvalue weighted by Gasteiger charge is 2.04. The number of aliphatic imine (C=N–C) groups is 1. The maximum atomic E-state index is 13.4. The van der Waals surface area contributed by atoms with Gasteiger partial charge < -0.3 is 0 Å². The van der Waals surface area contributed by atoms with Gasteiger partial charge in [0, 0.05) is 0 Å². The van der Waals surface area contributed by atoms with Gasteiger partial charge in [0.15, 0.2) is 11.4 Å². The quantitative estimate of drug-likeness (QED) is 0.380. The van der Waals surface area contributed by atoms with Gasteiger partial charge in [0.2, 0.25) is 0 Å². The molecule has 0 heterocycles. The van der Waals surface area contributed by atoms with Crippen molar-refractivity contribution in [3.63, 3.8) is 0 Å². The molecule has 0 radical (unpaired) electrons. The van der Waals surface area contributed by atoms with Crippen molar-refractivity contribution in [1.82, 2.24) is 5.32 Å². The highest BCUT2D eigenvalue weighted by Crippen LogP contribution is 2.15. The van der Waals surface area contributed by atoms with E-state index in [4.69, 9.17) is 5.26 Å². The van der Waals surface area contributed by atoms with Gasteiger partial charge in [0.25, 0.3) is 0 Å². The predicted octanol–water partition coefficient (Wildman–Crippen LogP) is 2.73. The van der Waals surface area contributed by atoms with Crippen LogP contribution in [0.5, 0.6) is 0 Å². The number of thioether (sulfide) groups is 1. The first-order chi connectivity index (χ1) is 8.08. The van der Waals surface area contributed by atoms with Crippen LogP contribution in [0.1, 0.15) is 16.7 Å². The molecule has 0 spiro atoms. The number of amidine groups is 1. The molecule has 1 N–H and O–H groups in total. The van der Waals surface area contributed by atoms with Gasteiger partial charge in [-0.25, -0.2) is 4.39 Å². The number of benzene rings is 1. The molecule has 0 aliphatic rings. The zero-order valence-electron chi connectivity index (χ0n) is 10.0. The van der Waals surface area contributed by atoms with Crippen LogP contribution < -0.4 is 5.32 Å². The van der Waals surface area contributed by atoms with Gasteiger partial charge in [-0.3, -0.25) is 10.3 Å². The minimum absolute atomic E-state index is 0.169. The number of hydrogen-bond donors (Lipinski definition) is 1. The van der Waals surface area contributed by atoms with Crippen molar-refractivity contribution in [3.8, 4) is 6.19 Å². The van der Waals surface area contributed by atoms with Gasteiger partial charge in [-0.2, -0.15) is 5.26 Å². The lowest BCUT2D eigenvalue weighted by atomic mass is 10.1. The van der Waals surface area contributed by atoms with Crippen LogP contribution >= 0.6 is 11.8 Å². The Hall–Kier alpha value is -1.54. The van der Waals surface area contributed by atoms with E-state index in [0.29, 0.717) is 22.8 Å². The average Bonchev–Trinajstić information content (AvgIpc) is 2.31. The zero-order valence-corrected chi connectivity index (χ0v) is 10.9. The number of rotatable bonds is 2. The molecule has 90 valence electrons. The van der Waals surface area contributed by atoms with Crippen LogP contribution in [0.4, 0.5) is 4.39 Å². The molecule has 0 amide bonds. The number of nitrogens with zero attached hydrogens (tertiary/aromatic N) is 2. The van der Waals surface area contributed by atoms with E-state index in [9.17, 15) is 4.39 Å². The first-order valence-corrected chi connectivity index (χ1v) is 6.30. The van der Waals surface area contributed by atoms with Crippen molar-refractivity contribution in [2.45, 2.75) is 20.4 Å². The highest BCUT2D eigenvalue weighted by molar-refractivity contribution is 8.13. The minimum Gasteiger partial charge on any atom is -0.272 e. The van der Waals surface area contributed by atoms with Crippen LogP contribution in [0.25, 0.3) is 0 Å². The number of aryl methyl sites for hydroxylation is 2. The molecule has 0 unspecified atom stereocenters. The van der Waals surface area contributed by atoms with Gasteiger partial charge >= 0.3 is 0 Å². The van der Waals surface area contributed by atoms with Crippen LogP contribution in [0, 0.1) is 31.1 Å². The van der Waals surface area contributed by atoms with E-state index < -0.39 is 0 Å². The van der Waals surface area contributed by atoms with Gasteiger partial charge in [0.1, 0.15) is 5.82 Å². The van der Waals surface area contributed by atoms with Crippen LogP contribution in [-0.4, -0.2) is 11.4 Å². The summed E-state index contributed by atoms with van der Waals surface area (Å²) in [6.07, 6.45) is 3.66. The van der Waals surface area contributed by atoms with Crippen LogP contribution in [0.15, 0.2) is 17.1 Å². The molecular formula is C12H14FN3S. The fraction of sp³-hybridized carbons (Fsp3) is 0.333. The minimum atomic E-state index is -0.169. The number of nitriles is 1. The second-order valence-electron chi connectivity index (χ2n) is 3.61. The van der Waals surface area contributed by atoms with Gasteiger partial charge in [-0.05, 0) is 36.8 Å². The third-order valence-corrected chi connectivity index (χ3v) is 2.88. The Bertz CT molecular complexity index is 454. The third kappa shape index (κ3) is 3.75. The first-order valence-electron chi connectivity index (χ1n) is 5.07. The first kappa shape index (κ1) is 13.5. The van der Waals surface area contributed by atoms with Crippen molar-refractivity contribution in [2.24, 2.45) is 4.99 Å². The molecule has 0 bridgehead atoms. The van der Waals surface area contributed by atoms with Crippen LogP contribution in [0.2, 0.25) is 0 Å². The van der Waals surface area contributed by atoms with E-state index in [1.54, 1.807) is 26.0 Å². The van der Waals surface area contributed by atoms with E-state index in [-0.39, 0.29) is 5.82 Å². The molecule has 0 aromatic heterocycles. The molecule has 1 rings (SSSR count). The Morgan fingerprint density at radius 2 is 2.06 bits per heavy atom. The molecule has 0 saturated carbocycles. The second-order valence-corrected chi connectivity index (χ2v) is 4.40.